The number of carbonyl (C=O) groups excluding carboxylic acids is 1. The van der Waals surface area contributed by atoms with Gasteiger partial charge in [0.2, 0.25) is 0 Å². The number of ketones is 1. The van der Waals surface area contributed by atoms with Crippen molar-refractivity contribution < 1.29 is 4.79 Å². The molecule has 1 heteroatoms. The van der Waals surface area contributed by atoms with E-state index in [1.165, 1.54) is 19.3 Å². The SMILES string of the molecule is CCC(C)C1CCCCC(=O)C1. The first-order valence-electron chi connectivity index (χ1n) is 5.25. The van der Waals surface area contributed by atoms with Gasteiger partial charge in [-0.3, -0.25) is 4.79 Å². The van der Waals surface area contributed by atoms with E-state index < -0.39 is 0 Å². The molecular weight excluding hydrogens is 148 g/mol. The Morgan fingerprint density at radius 2 is 2.25 bits per heavy atom. The third-order valence-electron chi connectivity index (χ3n) is 3.22. The summed E-state index contributed by atoms with van der Waals surface area (Å²) in [5.41, 5.74) is 0. The first kappa shape index (κ1) is 9.76. The minimum atomic E-state index is 0.498. The van der Waals surface area contributed by atoms with E-state index in [0.717, 1.165) is 25.2 Å². The van der Waals surface area contributed by atoms with Crippen molar-refractivity contribution in [2.75, 3.05) is 0 Å². The molecule has 1 aliphatic carbocycles. The number of Topliss-reactive ketones (excluding diaryl/α,β-unsaturated/α-hetero) is 1. The molecule has 1 saturated carbocycles. The van der Waals surface area contributed by atoms with Crippen LogP contribution in [-0.2, 0) is 4.79 Å². The zero-order valence-corrected chi connectivity index (χ0v) is 8.31. The van der Waals surface area contributed by atoms with Crippen molar-refractivity contribution in [2.45, 2.75) is 52.4 Å². The van der Waals surface area contributed by atoms with Gasteiger partial charge in [-0.1, -0.05) is 26.7 Å². The van der Waals surface area contributed by atoms with Crippen molar-refractivity contribution in [1.82, 2.24) is 0 Å². The molecule has 0 aliphatic heterocycles. The molecule has 0 saturated heterocycles. The average molecular weight is 168 g/mol. The summed E-state index contributed by atoms with van der Waals surface area (Å²) in [4.78, 5) is 11.3. The molecule has 70 valence electrons. The Morgan fingerprint density at radius 3 is 2.92 bits per heavy atom. The monoisotopic (exact) mass is 168 g/mol. The van der Waals surface area contributed by atoms with Gasteiger partial charge in [-0.25, -0.2) is 0 Å². The lowest BCUT2D eigenvalue weighted by Crippen LogP contribution is -2.13. The Morgan fingerprint density at radius 1 is 1.50 bits per heavy atom. The van der Waals surface area contributed by atoms with Gasteiger partial charge in [-0.2, -0.15) is 0 Å². The maximum absolute atomic E-state index is 11.3. The molecular formula is C11H20O. The van der Waals surface area contributed by atoms with Gasteiger partial charge < -0.3 is 0 Å². The van der Waals surface area contributed by atoms with Crippen LogP contribution in [0.1, 0.15) is 52.4 Å². The van der Waals surface area contributed by atoms with Crippen molar-refractivity contribution in [3.8, 4) is 0 Å². The van der Waals surface area contributed by atoms with Crippen molar-refractivity contribution in [3.05, 3.63) is 0 Å². The summed E-state index contributed by atoms with van der Waals surface area (Å²) in [6.45, 7) is 4.50. The second-order valence-corrected chi connectivity index (χ2v) is 4.13. The van der Waals surface area contributed by atoms with E-state index in [2.05, 4.69) is 13.8 Å². The molecule has 0 bridgehead atoms. The highest BCUT2D eigenvalue weighted by Crippen LogP contribution is 2.28. The van der Waals surface area contributed by atoms with Gasteiger partial charge in [-0.15, -0.1) is 0 Å². The van der Waals surface area contributed by atoms with Crippen LogP contribution in [0.3, 0.4) is 0 Å². The van der Waals surface area contributed by atoms with E-state index in [9.17, 15) is 4.79 Å². The Hall–Kier alpha value is -0.330. The van der Waals surface area contributed by atoms with Crippen LogP contribution >= 0.6 is 0 Å². The molecule has 2 unspecified atom stereocenters. The van der Waals surface area contributed by atoms with E-state index >= 15 is 0 Å². The normalized spacial score (nSPS) is 28.2. The highest BCUT2D eigenvalue weighted by molar-refractivity contribution is 5.78. The molecule has 0 spiro atoms. The third kappa shape index (κ3) is 2.62. The summed E-state index contributed by atoms with van der Waals surface area (Å²) in [5, 5.41) is 0. The van der Waals surface area contributed by atoms with Crippen LogP contribution in [0, 0.1) is 11.8 Å². The van der Waals surface area contributed by atoms with Crippen LogP contribution in [0.4, 0.5) is 0 Å². The van der Waals surface area contributed by atoms with E-state index in [1.54, 1.807) is 0 Å². The van der Waals surface area contributed by atoms with Crippen LogP contribution in [0.25, 0.3) is 0 Å². The van der Waals surface area contributed by atoms with Crippen LogP contribution in [-0.4, -0.2) is 5.78 Å². The summed E-state index contributed by atoms with van der Waals surface area (Å²) in [5.74, 6) is 1.93. The van der Waals surface area contributed by atoms with Gasteiger partial charge in [0.15, 0.2) is 0 Å². The minimum Gasteiger partial charge on any atom is -0.300 e. The van der Waals surface area contributed by atoms with Crippen molar-refractivity contribution >= 4 is 5.78 Å². The Balaban J connectivity index is 2.46. The minimum absolute atomic E-state index is 0.498. The smallest absolute Gasteiger partial charge is 0.133 e. The zero-order chi connectivity index (χ0) is 8.97. The lowest BCUT2D eigenvalue weighted by molar-refractivity contribution is -0.119. The fourth-order valence-corrected chi connectivity index (χ4v) is 2.04. The van der Waals surface area contributed by atoms with Gasteiger partial charge in [0.25, 0.3) is 0 Å². The molecule has 2 atom stereocenters. The summed E-state index contributed by atoms with van der Waals surface area (Å²) in [6.07, 6.45) is 6.59. The first-order valence-corrected chi connectivity index (χ1v) is 5.25. The number of hydrogen-bond donors (Lipinski definition) is 0. The highest BCUT2D eigenvalue weighted by Gasteiger charge is 2.21. The molecule has 1 rings (SSSR count). The quantitative estimate of drug-likeness (QED) is 0.579. The van der Waals surface area contributed by atoms with Crippen LogP contribution in [0.5, 0.6) is 0 Å². The second-order valence-electron chi connectivity index (χ2n) is 4.13. The molecule has 0 heterocycles. The molecule has 1 aliphatic rings. The fraction of sp³-hybridized carbons (Fsp3) is 0.909. The van der Waals surface area contributed by atoms with E-state index in [0.29, 0.717) is 11.7 Å². The summed E-state index contributed by atoms with van der Waals surface area (Å²) in [7, 11) is 0. The Bertz CT molecular complexity index is 151. The molecule has 1 fully saturated rings. The number of carbonyl (C=O) groups is 1. The zero-order valence-electron chi connectivity index (χ0n) is 8.31. The Labute approximate surface area is 75.5 Å². The largest absolute Gasteiger partial charge is 0.300 e. The van der Waals surface area contributed by atoms with E-state index in [4.69, 9.17) is 0 Å². The lowest BCUT2D eigenvalue weighted by atomic mass is 9.86. The fourth-order valence-electron chi connectivity index (χ4n) is 2.04. The maximum Gasteiger partial charge on any atom is 0.133 e. The van der Waals surface area contributed by atoms with Crippen LogP contribution in [0.15, 0.2) is 0 Å². The molecule has 12 heavy (non-hydrogen) atoms. The van der Waals surface area contributed by atoms with Crippen molar-refractivity contribution in [1.29, 1.82) is 0 Å². The van der Waals surface area contributed by atoms with E-state index in [1.807, 2.05) is 0 Å². The maximum atomic E-state index is 11.3. The molecule has 0 aromatic rings. The van der Waals surface area contributed by atoms with Gasteiger partial charge in [0.05, 0.1) is 0 Å². The summed E-state index contributed by atoms with van der Waals surface area (Å²) in [6, 6.07) is 0. The molecule has 0 aromatic heterocycles. The molecule has 0 amide bonds. The van der Waals surface area contributed by atoms with Crippen LogP contribution in [0.2, 0.25) is 0 Å². The summed E-state index contributed by atoms with van der Waals surface area (Å²) >= 11 is 0. The van der Waals surface area contributed by atoms with Gasteiger partial charge in [0, 0.05) is 12.8 Å². The van der Waals surface area contributed by atoms with E-state index in [-0.39, 0.29) is 0 Å². The molecule has 1 nitrogen and oxygen atoms in total. The average Bonchev–Trinajstić information content (AvgIpc) is 2.28. The van der Waals surface area contributed by atoms with Crippen molar-refractivity contribution in [3.63, 3.8) is 0 Å². The third-order valence-corrected chi connectivity index (χ3v) is 3.22. The van der Waals surface area contributed by atoms with Crippen LogP contribution < -0.4 is 0 Å². The highest BCUT2D eigenvalue weighted by atomic mass is 16.1. The van der Waals surface area contributed by atoms with Crippen molar-refractivity contribution in [2.24, 2.45) is 11.8 Å². The standard InChI is InChI=1S/C11H20O/c1-3-9(2)10-6-4-5-7-11(12)8-10/h9-10H,3-8H2,1-2H3. The number of rotatable bonds is 2. The topological polar surface area (TPSA) is 17.1 Å². The van der Waals surface area contributed by atoms with Gasteiger partial charge in [-0.05, 0) is 24.7 Å². The lowest BCUT2D eigenvalue weighted by Gasteiger charge is -2.19. The first-order chi connectivity index (χ1) is 5.74. The predicted octanol–water partition coefficient (Wildman–Crippen LogP) is 3.18. The molecule has 0 aromatic carbocycles. The number of hydrogen-bond acceptors (Lipinski definition) is 1. The molecule has 0 N–H and O–H groups in total. The van der Waals surface area contributed by atoms with Gasteiger partial charge in [0.1, 0.15) is 5.78 Å². The Kier molecular flexibility index (Phi) is 3.77. The second kappa shape index (κ2) is 4.64. The van der Waals surface area contributed by atoms with Gasteiger partial charge >= 0.3 is 0 Å². The predicted molar refractivity (Wildman–Crippen MR) is 51.0 cm³/mol. The summed E-state index contributed by atoms with van der Waals surface area (Å²) < 4.78 is 0. The molecule has 0 radical (unpaired) electrons.